The number of hydrogen-bond acceptors (Lipinski definition) is 2. The van der Waals surface area contributed by atoms with E-state index in [0.717, 1.165) is 15.1 Å². The monoisotopic (exact) mass is 400 g/mol. The van der Waals surface area contributed by atoms with Gasteiger partial charge in [0.1, 0.15) is 11.0 Å². The minimum atomic E-state index is -0.0372. The second-order valence-electron chi connectivity index (χ2n) is 6.01. The van der Waals surface area contributed by atoms with Crippen LogP contribution in [0.2, 0.25) is 5.15 Å². The molecule has 0 atom stereocenters. The number of nitrogens with zero attached hydrogens (tertiary/aromatic N) is 2. The number of rotatable bonds is 2. The zero-order valence-electron chi connectivity index (χ0n) is 12.2. The number of aryl methyl sites for hydroxylation is 1. The highest BCUT2D eigenvalue weighted by atomic mass is 127. The summed E-state index contributed by atoms with van der Waals surface area (Å²) in [6.45, 7) is 8.52. The Bertz CT molecular complexity index is 633. The van der Waals surface area contributed by atoms with Gasteiger partial charge in [0.2, 0.25) is 0 Å². The molecule has 2 aromatic rings. The minimum absolute atomic E-state index is 0.0372. The molecule has 0 spiro atoms. The molecule has 0 fully saturated rings. The van der Waals surface area contributed by atoms with Crippen LogP contribution in [0.1, 0.15) is 43.4 Å². The Balaban J connectivity index is 2.41. The quantitative estimate of drug-likeness (QED) is 0.527. The molecule has 2 rings (SSSR count). The molecule has 4 heteroatoms. The Morgan fingerprint density at radius 1 is 1.20 bits per heavy atom. The smallest absolute Gasteiger partial charge is 0.146 e. The SMILES string of the molecule is Cc1cccc(Cc2nc(Cl)c(I)c(C(C)(C)C)n2)c1. The molecule has 0 saturated heterocycles. The normalized spacial score (nSPS) is 11.7. The number of halogens is 2. The lowest BCUT2D eigenvalue weighted by Crippen LogP contribution is -2.18. The van der Waals surface area contributed by atoms with Crippen molar-refractivity contribution in [2.24, 2.45) is 0 Å². The minimum Gasteiger partial charge on any atom is -0.236 e. The Morgan fingerprint density at radius 3 is 2.50 bits per heavy atom. The third-order valence-electron chi connectivity index (χ3n) is 3.01. The molecule has 1 aromatic heterocycles. The van der Waals surface area contributed by atoms with Crippen LogP contribution in [-0.4, -0.2) is 9.97 Å². The van der Waals surface area contributed by atoms with Crippen LogP contribution in [0.25, 0.3) is 0 Å². The first kappa shape index (κ1) is 15.7. The van der Waals surface area contributed by atoms with Gasteiger partial charge in [-0.2, -0.15) is 0 Å². The molecule has 0 saturated carbocycles. The molecule has 0 unspecified atom stereocenters. The summed E-state index contributed by atoms with van der Waals surface area (Å²) in [6.07, 6.45) is 0.710. The van der Waals surface area contributed by atoms with E-state index in [1.807, 2.05) is 0 Å². The lowest BCUT2D eigenvalue weighted by molar-refractivity contribution is 0.558. The summed E-state index contributed by atoms with van der Waals surface area (Å²) in [5, 5.41) is 0.549. The Kier molecular flexibility index (Phi) is 4.69. The van der Waals surface area contributed by atoms with Gasteiger partial charge in [0.25, 0.3) is 0 Å². The average Bonchev–Trinajstić information content (AvgIpc) is 2.32. The molecule has 1 heterocycles. The zero-order chi connectivity index (χ0) is 14.9. The zero-order valence-corrected chi connectivity index (χ0v) is 15.1. The van der Waals surface area contributed by atoms with Crippen molar-refractivity contribution < 1.29 is 0 Å². The highest BCUT2D eigenvalue weighted by molar-refractivity contribution is 14.1. The molecule has 0 aliphatic carbocycles. The van der Waals surface area contributed by atoms with Crippen LogP contribution in [0.5, 0.6) is 0 Å². The molecule has 20 heavy (non-hydrogen) atoms. The number of hydrogen-bond donors (Lipinski definition) is 0. The van der Waals surface area contributed by atoms with Gasteiger partial charge >= 0.3 is 0 Å². The predicted octanol–water partition coefficient (Wildman–Crippen LogP) is 4.93. The molecule has 0 bridgehead atoms. The second-order valence-corrected chi connectivity index (χ2v) is 7.45. The van der Waals surface area contributed by atoms with Gasteiger partial charge in [0, 0.05) is 11.8 Å². The summed E-state index contributed by atoms with van der Waals surface area (Å²) >= 11 is 8.49. The topological polar surface area (TPSA) is 25.8 Å². The third-order valence-corrected chi connectivity index (χ3v) is 4.63. The van der Waals surface area contributed by atoms with Crippen LogP contribution >= 0.6 is 34.2 Å². The van der Waals surface area contributed by atoms with Crippen molar-refractivity contribution in [2.75, 3.05) is 0 Å². The van der Waals surface area contributed by atoms with E-state index < -0.39 is 0 Å². The summed E-state index contributed by atoms with van der Waals surface area (Å²) < 4.78 is 0.949. The molecular weight excluding hydrogens is 383 g/mol. The van der Waals surface area contributed by atoms with Crippen LogP contribution in [0.3, 0.4) is 0 Å². The van der Waals surface area contributed by atoms with E-state index >= 15 is 0 Å². The van der Waals surface area contributed by atoms with Gasteiger partial charge < -0.3 is 0 Å². The molecule has 2 nitrogen and oxygen atoms in total. The van der Waals surface area contributed by atoms with Crippen molar-refractivity contribution in [3.05, 3.63) is 55.6 Å². The van der Waals surface area contributed by atoms with Gasteiger partial charge in [-0.25, -0.2) is 9.97 Å². The van der Waals surface area contributed by atoms with Crippen LogP contribution in [0.15, 0.2) is 24.3 Å². The summed E-state index contributed by atoms with van der Waals surface area (Å²) in [4.78, 5) is 9.14. The number of aromatic nitrogens is 2. The van der Waals surface area contributed by atoms with Crippen LogP contribution in [0, 0.1) is 10.5 Å². The predicted molar refractivity (Wildman–Crippen MR) is 92.4 cm³/mol. The third kappa shape index (κ3) is 3.70. The fraction of sp³-hybridized carbons (Fsp3) is 0.375. The average molecular weight is 401 g/mol. The van der Waals surface area contributed by atoms with Crippen molar-refractivity contribution >= 4 is 34.2 Å². The fourth-order valence-corrected chi connectivity index (χ4v) is 3.28. The lowest BCUT2D eigenvalue weighted by Gasteiger charge is -2.20. The van der Waals surface area contributed by atoms with Gasteiger partial charge in [0.05, 0.1) is 9.26 Å². The van der Waals surface area contributed by atoms with E-state index in [1.54, 1.807) is 0 Å². The molecule has 0 aliphatic rings. The number of benzene rings is 1. The van der Waals surface area contributed by atoms with Gasteiger partial charge in [-0.05, 0) is 35.1 Å². The standard InChI is InChI=1S/C16H18ClIN2/c1-10-6-5-7-11(8-10)9-12-19-14(16(2,3)4)13(18)15(17)20-12/h5-8H,9H2,1-4H3. The Labute approximate surface area is 139 Å². The van der Waals surface area contributed by atoms with Crippen molar-refractivity contribution in [3.8, 4) is 0 Å². The summed E-state index contributed by atoms with van der Waals surface area (Å²) in [6, 6.07) is 8.40. The summed E-state index contributed by atoms with van der Waals surface area (Å²) in [5.74, 6) is 0.783. The first-order chi connectivity index (χ1) is 9.27. The van der Waals surface area contributed by atoms with Crippen LogP contribution in [-0.2, 0) is 11.8 Å². The van der Waals surface area contributed by atoms with Gasteiger partial charge in [0.15, 0.2) is 0 Å². The Morgan fingerprint density at radius 2 is 1.90 bits per heavy atom. The van der Waals surface area contributed by atoms with E-state index in [4.69, 9.17) is 16.6 Å². The van der Waals surface area contributed by atoms with E-state index in [9.17, 15) is 0 Å². The first-order valence-electron chi connectivity index (χ1n) is 6.55. The van der Waals surface area contributed by atoms with Crippen molar-refractivity contribution in [1.29, 1.82) is 0 Å². The van der Waals surface area contributed by atoms with Crippen LogP contribution in [0.4, 0.5) is 0 Å². The van der Waals surface area contributed by atoms with Crippen molar-refractivity contribution in [3.63, 3.8) is 0 Å². The van der Waals surface area contributed by atoms with Gasteiger partial charge in [-0.3, -0.25) is 0 Å². The largest absolute Gasteiger partial charge is 0.236 e. The maximum atomic E-state index is 6.26. The van der Waals surface area contributed by atoms with E-state index in [1.165, 1.54) is 11.1 Å². The fourth-order valence-electron chi connectivity index (χ4n) is 2.04. The van der Waals surface area contributed by atoms with Crippen LogP contribution < -0.4 is 0 Å². The maximum absolute atomic E-state index is 6.26. The molecule has 0 radical (unpaired) electrons. The van der Waals surface area contributed by atoms with Crippen molar-refractivity contribution in [2.45, 2.75) is 39.5 Å². The molecule has 0 aliphatic heterocycles. The maximum Gasteiger partial charge on any atom is 0.146 e. The molecule has 1 aromatic carbocycles. The lowest BCUT2D eigenvalue weighted by atomic mass is 9.92. The van der Waals surface area contributed by atoms with Crippen molar-refractivity contribution in [1.82, 2.24) is 9.97 Å². The molecule has 0 N–H and O–H groups in total. The summed E-state index contributed by atoms with van der Waals surface area (Å²) in [5.41, 5.74) is 3.43. The molecule has 106 valence electrons. The molecule has 0 amide bonds. The molecular formula is C16H18ClIN2. The Hall–Kier alpha value is -0.680. The summed E-state index contributed by atoms with van der Waals surface area (Å²) in [7, 11) is 0. The van der Waals surface area contributed by atoms with Gasteiger partial charge in [-0.1, -0.05) is 62.2 Å². The second kappa shape index (κ2) is 5.98. The first-order valence-corrected chi connectivity index (χ1v) is 8.01. The van der Waals surface area contributed by atoms with E-state index in [2.05, 4.69) is 79.5 Å². The van der Waals surface area contributed by atoms with E-state index in [-0.39, 0.29) is 5.41 Å². The van der Waals surface area contributed by atoms with Gasteiger partial charge in [-0.15, -0.1) is 0 Å². The highest BCUT2D eigenvalue weighted by Gasteiger charge is 2.22. The van der Waals surface area contributed by atoms with E-state index in [0.29, 0.717) is 11.6 Å². The highest BCUT2D eigenvalue weighted by Crippen LogP contribution is 2.29.